The van der Waals surface area contributed by atoms with Crippen molar-refractivity contribution in [3.8, 4) is 5.88 Å². The number of urea groups is 1. The van der Waals surface area contributed by atoms with Crippen LogP contribution < -0.4 is 10.1 Å². The Bertz CT molecular complexity index is 849. The van der Waals surface area contributed by atoms with Gasteiger partial charge in [0.2, 0.25) is 5.88 Å². The highest BCUT2D eigenvalue weighted by atomic mass is 19.1. The van der Waals surface area contributed by atoms with Crippen molar-refractivity contribution >= 4 is 17.8 Å². The van der Waals surface area contributed by atoms with Gasteiger partial charge < -0.3 is 15.0 Å². The van der Waals surface area contributed by atoms with E-state index in [1.54, 1.807) is 49.4 Å². The summed E-state index contributed by atoms with van der Waals surface area (Å²) in [5.74, 6) is 0.487. The number of aryl methyl sites for hydroxylation is 1. The number of benzene rings is 1. The number of aromatic nitrogens is 1. The average molecular weight is 369 g/mol. The number of nitrogens with one attached hydrogen (secondary N) is 1. The third-order valence-electron chi connectivity index (χ3n) is 4.84. The van der Waals surface area contributed by atoms with Crippen LogP contribution in [0.4, 0.5) is 14.9 Å². The SMILES string of the molecule is COc1ccc(NC(=O)N2CC/C(=C\c3cccc(C)c3F)C(C)C2)cn1. The molecule has 0 aliphatic carbocycles. The highest BCUT2D eigenvalue weighted by Gasteiger charge is 2.24. The highest BCUT2D eigenvalue weighted by Crippen LogP contribution is 2.27. The van der Waals surface area contributed by atoms with Crippen LogP contribution in [0.2, 0.25) is 0 Å². The lowest BCUT2D eigenvalue weighted by Crippen LogP contribution is -2.42. The van der Waals surface area contributed by atoms with Crippen molar-refractivity contribution in [2.24, 2.45) is 5.92 Å². The summed E-state index contributed by atoms with van der Waals surface area (Å²) in [6.07, 6.45) is 4.22. The van der Waals surface area contributed by atoms with Crippen molar-refractivity contribution in [3.05, 3.63) is 59.0 Å². The summed E-state index contributed by atoms with van der Waals surface area (Å²) >= 11 is 0. The number of rotatable bonds is 3. The van der Waals surface area contributed by atoms with E-state index >= 15 is 0 Å². The molecule has 1 aliphatic heterocycles. The van der Waals surface area contributed by atoms with Crippen LogP contribution in [0.25, 0.3) is 6.08 Å². The molecule has 1 N–H and O–H groups in total. The highest BCUT2D eigenvalue weighted by molar-refractivity contribution is 5.89. The molecule has 0 radical (unpaired) electrons. The first-order valence-electron chi connectivity index (χ1n) is 8.99. The van der Waals surface area contributed by atoms with Gasteiger partial charge in [-0.25, -0.2) is 14.2 Å². The third-order valence-corrected chi connectivity index (χ3v) is 4.84. The molecule has 3 rings (SSSR count). The largest absolute Gasteiger partial charge is 0.481 e. The number of anilines is 1. The number of amides is 2. The Kier molecular flexibility index (Phi) is 5.74. The fraction of sp³-hybridized carbons (Fsp3) is 0.333. The van der Waals surface area contributed by atoms with Crippen molar-refractivity contribution in [1.29, 1.82) is 0 Å². The number of likely N-dealkylation sites (tertiary alicyclic amines) is 1. The van der Waals surface area contributed by atoms with Gasteiger partial charge in [0, 0.05) is 24.7 Å². The van der Waals surface area contributed by atoms with Gasteiger partial charge in [0.25, 0.3) is 0 Å². The smallest absolute Gasteiger partial charge is 0.321 e. The molecule has 2 heterocycles. The molecule has 0 saturated carbocycles. The van der Waals surface area contributed by atoms with E-state index in [0.717, 1.165) is 12.0 Å². The van der Waals surface area contributed by atoms with Gasteiger partial charge in [0.15, 0.2) is 0 Å². The van der Waals surface area contributed by atoms with E-state index < -0.39 is 0 Å². The molecule has 0 bridgehead atoms. The van der Waals surface area contributed by atoms with E-state index in [1.165, 1.54) is 0 Å². The first-order chi connectivity index (χ1) is 13.0. The van der Waals surface area contributed by atoms with E-state index in [-0.39, 0.29) is 17.8 Å². The van der Waals surface area contributed by atoms with E-state index in [0.29, 0.717) is 35.8 Å². The van der Waals surface area contributed by atoms with Crippen LogP contribution in [0.3, 0.4) is 0 Å². The number of hydrogen-bond donors (Lipinski definition) is 1. The quantitative estimate of drug-likeness (QED) is 0.867. The van der Waals surface area contributed by atoms with E-state index in [4.69, 9.17) is 4.74 Å². The Hall–Kier alpha value is -2.89. The zero-order valence-corrected chi connectivity index (χ0v) is 15.8. The number of carbonyl (C=O) groups excluding carboxylic acids is 1. The van der Waals surface area contributed by atoms with Crippen molar-refractivity contribution in [2.45, 2.75) is 20.3 Å². The molecular weight excluding hydrogens is 345 g/mol. The Morgan fingerprint density at radius 3 is 2.85 bits per heavy atom. The molecule has 1 aromatic carbocycles. The fourth-order valence-electron chi connectivity index (χ4n) is 3.21. The van der Waals surface area contributed by atoms with Crippen molar-refractivity contribution in [3.63, 3.8) is 0 Å². The van der Waals surface area contributed by atoms with Crippen LogP contribution in [-0.4, -0.2) is 36.1 Å². The minimum absolute atomic E-state index is 0.158. The molecule has 1 fully saturated rings. The van der Waals surface area contributed by atoms with Gasteiger partial charge in [-0.2, -0.15) is 0 Å². The number of halogens is 1. The van der Waals surface area contributed by atoms with Crippen LogP contribution >= 0.6 is 0 Å². The number of pyridine rings is 1. The third kappa shape index (κ3) is 4.45. The van der Waals surface area contributed by atoms with Crippen molar-refractivity contribution in [2.75, 3.05) is 25.5 Å². The van der Waals surface area contributed by atoms with Crippen molar-refractivity contribution < 1.29 is 13.9 Å². The Morgan fingerprint density at radius 1 is 1.37 bits per heavy atom. The maximum atomic E-state index is 14.3. The molecule has 1 unspecified atom stereocenters. The van der Waals surface area contributed by atoms with Crippen LogP contribution in [0.5, 0.6) is 5.88 Å². The van der Waals surface area contributed by atoms with Crippen LogP contribution in [0.1, 0.15) is 24.5 Å². The Morgan fingerprint density at radius 2 is 2.19 bits per heavy atom. The van der Waals surface area contributed by atoms with E-state index in [9.17, 15) is 9.18 Å². The number of piperidine rings is 1. The number of hydrogen-bond acceptors (Lipinski definition) is 3. The van der Waals surface area contributed by atoms with Crippen LogP contribution in [0, 0.1) is 18.7 Å². The molecule has 6 heteroatoms. The molecule has 5 nitrogen and oxygen atoms in total. The van der Waals surface area contributed by atoms with Crippen LogP contribution in [-0.2, 0) is 0 Å². The van der Waals surface area contributed by atoms with Crippen molar-refractivity contribution in [1.82, 2.24) is 9.88 Å². The van der Waals surface area contributed by atoms with E-state index in [1.807, 2.05) is 12.1 Å². The number of ether oxygens (including phenoxy) is 1. The van der Waals surface area contributed by atoms with Crippen LogP contribution in [0.15, 0.2) is 42.1 Å². The van der Waals surface area contributed by atoms with Gasteiger partial charge in [0.1, 0.15) is 5.82 Å². The maximum absolute atomic E-state index is 14.3. The van der Waals surface area contributed by atoms with Gasteiger partial charge in [0.05, 0.1) is 19.0 Å². The summed E-state index contributed by atoms with van der Waals surface area (Å²) in [4.78, 5) is 18.4. The number of methoxy groups -OCH3 is 1. The first kappa shape index (κ1) is 18.9. The lowest BCUT2D eigenvalue weighted by atomic mass is 9.91. The molecule has 2 aromatic rings. The molecule has 27 heavy (non-hydrogen) atoms. The first-order valence-corrected chi connectivity index (χ1v) is 8.99. The number of carbonyl (C=O) groups is 1. The molecule has 1 saturated heterocycles. The summed E-state index contributed by atoms with van der Waals surface area (Å²) in [6, 6.07) is 8.71. The normalized spacial score (nSPS) is 18.4. The fourth-order valence-corrected chi connectivity index (χ4v) is 3.21. The minimum Gasteiger partial charge on any atom is -0.481 e. The van der Waals surface area contributed by atoms with Gasteiger partial charge >= 0.3 is 6.03 Å². The zero-order valence-electron chi connectivity index (χ0n) is 15.8. The molecule has 142 valence electrons. The standard InChI is InChI=1S/C21H24FN3O2/c1-14-5-4-6-17(20(14)22)11-16-9-10-25(13-15(16)2)21(26)24-18-7-8-19(27-3)23-12-18/h4-8,11-12,15H,9-10,13H2,1-3H3,(H,24,26)/b16-11+. The topological polar surface area (TPSA) is 54.5 Å². The molecule has 2 amide bonds. The maximum Gasteiger partial charge on any atom is 0.321 e. The summed E-state index contributed by atoms with van der Waals surface area (Å²) in [6.45, 7) is 5.02. The monoisotopic (exact) mass is 369 g/mol. The number of nitrogens with zero attached hydrogens (tertiary/aromatic N) is 2. The van der Waals surface area contributed by atoms with Gasteiger partial charge in [-0.05, 0) is 30.9 Å². The summed E-state index contributed by atoms with van der Waals surface area (Å²) in [5.41, 5.74) is 3.03. The van der Waals surface area contributed by atoms with Gasteiger partial charge in [-0.1, -0.05) is 36.8 Å². The summed E-state index contributed by atoms with van der Waals surface area (Å²) < 4.78 is 19.3. The van der Waals surface area contributed by atoms with Gasteiger partial charge in [-0.3, -0.25) is 0 Å². The van der Waals surface area contributed by atoms with E-state index in [2.05, 4.69) is 17.2 Å². The summed E-state index contributed by atoms with van der Waals surface area (Å²) in [5, 5.41) is 2.85. The predicted molar refractivity (Wildman–Crippen MR) is 104 cm³/mol. The molecular formula is C21H24FN3O2. The molecule has 1 aromatic heterocycles. The molecule has 1 atom stereocenters. The summed E-state index contributed by atoms with van der Waals surface area (Å²) in [7, 11) is 1.55. The molecule has 1 aliphatic rings. The predicted octanol–water partition coefficient (Wildman–Crippen LogP) is 4.50. The lowest BCUT2D eigenvalue weighted by molar-refractivity contribution is 0.198. The average Bonchev–Trinajstić information content (AvgIpc) is 2.67. The minimum atomic E-state index is -0.177. The second kappa shape index (κ2) is 8.20. The lowest BCUT2D eigenvalue weighted by Gasteiger charge is -2.33. The Balaban J connectivity index is 1.64. The molecule has 0 spiro atoms. The second-order valence-electron chi connectivity index (χ2n) is 6.81. The van der Waals surface area contributed by atoms with Gasteiger partial charge in [-0.15, -0.1) is 0 Å². The second-order valence-corrected chi connectivity index (χ2v) is 6.81. The zero-order chi connectivity index (χ0) is 19.4. The Labute approximate surface area is 158 Å².